The van der Waals surface area contributed by atoms with Crippen molar-refractivity contribution in [2.75, 3.05) is 25.0 Å². The van der Waals surface area contributed by atoms with E-state index in [1.165, 1.54) is 0 Å². The lowest BCUT2D eigenvalue weighted by Crippen LogP contribution is -2.32. The molecule has 1 unspecified atom stereocenters. The molecule has 0 aliphatic carbocycles. The van der Waals surface area contributed by atoms with Crippen molar-refractivity contribution < 1.29 is 9.90 Å². The first-order valence-electron chi connectivity index (χ1n) is 6.01. The second-order valence-corrected chi connectivity index (χ2v) is 5.05. The second kappa shape index (κ2) is 5.69. The van der Waals surface area contributed by atoms with Gasteiger partial charge in [0, 0.05) is 23.8 Å². The van der Waals surface area contributed by atoms with E-state index in [1.54, 1.807) is 6.07 Å². The molecule has 1 atom stereocenters. The number of likely N-dealkylation sites (tertiary alicyclic amines) is 1. The predicted molar refractivity (Wildman–Crippen MR) is 71.9 cm³/mol. The van der Waals surface area contributed by atoms with Crippen LogP contribution in [-0.4, -0.2) is 41.7 Å². The number of benzene rings is 1. The first kappa shape index (κ1) is 13.3. The van der Waals surface area contributed by atoms with Gasteiger partial charge in [-0.3, -0.25) is 9.69 Å². The zero-order valence-corrected chi connectivity index (χ0v) is 11.1. The summed E-state index contributed by atoms with van der Waals surface area (Å²) in [6, 6.07) is 5.44. The molecule has 18 heavy (non-hydrogen) atoms. The Morgan fingerprint density at radius 2 is 2.39 bits per heavy atom. The topological polar surface area (TPSA) is 52.6 Å². The lowest BCUT2D eigenvalue weighted by Gasteiger charge is -2.15. The highest BCUT2D eigenvalue weighted by Crippen LogP contribution is 2.22. The van der Waals surface area contributed by atoms with Crippen LogP contribution in [0.5, 0.6) is 0 Å². The largest absolute Gasteiger partial charge is 0.392 e. The van der Waals surface area contributed by atoms with E-state index in [9.17, 15) is 9.90 Å². The SMILES string of the molecule is Cc1c(Cl)cccc1NC(=O)CN1CCC(O)C1. The number of halogens is 1. The number of anilines is 1. The highest BCUT2D eigenvalue weighted by atomic mass is 35.5. The van der Waals surface area contributed by atoms with Gasteiger partial charge in [0.1, 0.15) is 0 Å². The van der Waals surface area contributed by atoms with Gasteiger partial charge in [-0.05, 0) is 31.0 Å². The Balaban J connectivity index is 1.93. The fraction of sp³-hybridized carbons (Fsp3) is 0.462. The van der Waals surface area contributed by atoms with Crippen molar-refractivity contribution >= 4 is 23.2 Å². The molecule has 2 rings (SSSR count). The Hall–Kier alpha value is -1.10. The molecule has 4 nitrogen and oxygen atoms in total. The van der Waals surface area contributed by atoms with Gasteiger partial charge in [0.15, 0.2) is 0 Å². The Bertz CT molecular complexity index is 451. The van der Waals surface area contributed by atoms with E-state index >= 15 is 0 Å². The number of hydrogen-bond acceptors (Lipinski definition) is 3. The number of rotatable bonds is 3. The number of carbonyl (C=O) groups is 1. The summed E-state index contributed by atoms with van der Waals surface area (Å²) in [5.74, 6) is -0.0746. The van der Waals surface area contributed by atoms with Gasteiger partial charge in [-0.1, -0.05) is 17.7 Å². The predicted octanol–water partition coefficient (Wildman–Crippen LogP) is 1.65. The molecule has 2 N–H and O–H groups in total. The van der Waals surface area contributed by atoms with Crippen LogP contribution in [0.1, 0.15) is 12.0 Å². The van der Waals surface area contributed by atoms with E-state index in [-0.39, 0.29) is 12.0 Å². The normalized spacial score (nSPS) is 20.1. The van der Waals surface area contributed by atoms with Crippen LogP contribution in [0.25, 0.3) is 0 Å². The molecular weight excluding hydrogens is 252 g/mol. The zero-order chi connectivity index (χ0) is 13.1. The van der Waals surface area contributed by atoms with Crippen LogP contribution in [0.2, 0.25) is 5.02 Å². The van der Waals surface area contributed by atoms with Crippen LogP contribution in [0, 0.1) is 6.92 Å². The lowest BCUT2D eigenvalue weighted by molar-refractivity contribution is -0.117. The lowest BCUT2D eigenvalue weighted by atomic mass is 10.2. The molecule has 0 bridgehead atoms. The van der Waals surface area contributed by atoms with Gasteiger partial charge in [0.2, 0.25) is 5.91 Å². The van der Waals surface area contributed by atoms with E-state index in [4.69, 9.17) is 11.6 Å². The van der Waals surface area contributed by atoms with Gasteiger partial charge >= 0.3 is 0 Å². The summed E-state index contributed by atoms with van der Waals surface area (Å²) in [5.41, 5.74) is 1.61. The number of nitrogens with one attached hydrogen (secondary N) is 1. The third kappa shape index (κ3) is 3.22. The van der Waals surface area contributed by atoms with E-state index in [0.717, 1.165) is 24.2 Å². The highest BCUT2D eigenvalue weighted by molar-refractivity contribution is 6.31. The van der Waals surface area contributed by atoms with Gasteiger partial charge in [-0.25, -0.2) is 0 Å². The number of hydrogen-bond donors (Lipinski definition) is 2. The minimum Gasteiger partial charge on any atom is -0.392 e. The van der Waals surface area contributed by atoms with E-state index < -0.39 is 0 Å². The minimum absolute atomic E-state index is 0.0746. The maximum atomic E-state index is 11.9. The monoisotopic (exact) mass is 268 g/mol. The fourth-order valence-electron chi connectivity index (χ4n) is 2.09. The van der Waals surface area contributed by atoms with Crippen LogP contribution in [0.15, 0.2) is 18.2 Å². The van der Waals surface area contributed by atoms with Crippen molar-refractivity contribution in [2.45, 2.75) is 19.4 Å². The average molecular weight is 269 g/mol. The number of β-amino-alcohol motifs (C(OH)–C–C–N with tert-alkyl or cyclic N) is 1. The van der Waals surface area contributed by atoms with Crippen LogP contribution in [-0.2, 0) is 4.79 Å². The van der Waals surface area contributed by atoms with Gasteiger partial charge in [0.25, 0.3) is 0 Å². The van der Waals surface area contributed by atoms with Gasteiger partial charge in [0.05, 0.1) is 12.6 Å². The molecule has 0 radical (unpaired) electrons. The fourth-order valence-corrected chi connectivity index (χ4v) is 2.27. The van der Waals surface area contributed by atoms with E-state index in [1.807, 2.05) is 24.0 Å². The summed E-state index contributed by atoms with van der Waals surface area (Å²) in [6.07, 6.45) is 0.439. The van der Waals surface area contributed by atoms with Crippen LogP contribution in [0.4, 0.5) is 5.69 Å². The Morgan fingerprint density at radius 1 is 1.61 bits per heavy atom. The van der Waals surface area contributed by atoms with Gasteiger partial charge < -0.3 is 10.4 Å². The standard InChI is InChI=1S/C13H17ClN2O2/c1-9-11(14)3-2-4-12(9)15-13(18)8-16-6-5-10(17)7-16/h2-4,10,17H,5-8H2,1H3,(H,15,18). The number of amides is 1. The number of nitrogens with zero attached hydrogens (tertiary/aromatic N) is 1. The first-order chi connectivity index (χ1) is 8.56. The van der Waals surface area contributed by atoms with Crippen molar-refractivity contribution in [2.24, 2.45) is 0 Å². The molecule has 1 aromatic carbocycles. The van der Waals surface area contributed by atoms with Crippen LogP contribution >= 0.6 is 11.6 Å². The van der Waals surface area contributed by atoms with Crippen molar-refractivity contribution in [1.82, 2.24) is 4.90 Å². The molecule has 0 aromatic heterocycles. The average Bonchev–Trinajstić information content (AvgIpc) is 2.70. The summed E-state index contributed by atoms with van der Waals surface area (Å²) in [5, 5.41) is 12.9. The Kier molecular flexibility index (Phi) is 4.22. The molecule has 98 valence electrons. The number of carbonyl (C=O) groups excluding carboxylic acids is 1. The van der Waals surface area contributed by atoms with Gasteiger partial charge in [-0.2, -0.15) is 0 Å². The smallest absolute Gasteiger partial charge is 0.238 e. The second-order valence-electron chi connectivity index (χ2n) is 4.64. The molecule has 1 fully saturated rings. The molecule has 1 aliphatic heterocycles. The van der Waals surface area contributed by atoms with E-state index in [0.29, 0.717) is 18.1 Å². The summed E-state index contributed by atoms with van der Waals surface area (Å²) >= 11 is 5.99. The summed E-state index contributed by atoms with van der Waals surface area (Å²) < 4.78 is 0. The molecule has 1 saturated heterocycles. The maximum Gasteiger partial charge on any atom is 0.238 e. The highest BCUT2D eigenvalue weighted by Gasteiger charge is 2.22. The first-order valence-corrected chi connectivity index (χ1v) is 6.39. The van der Waals surface area contributed by atoms with Crippen molar-refractivity contribution in [1.29, 1.82) is 0 Å². The molecular formula is C13H17ClN2O2. The van der Waals surface area contributed by atoms with Gasteiger partial charge in [-0.15, -0.1) is 0 Å². The minimum atomic E-state index is -0.300. The molecule has 1 amide bonds. The molecule has 1 aliphatic rings. The van der Waals surface area contributed by atoms with Crippen LogP contribution in [0.3, 0.4) is 0 Å². The van der Waals surface area contributed by atoms with E-state index in [2.05, 4.69) is 5.32 Å². The summed E-state index contributed by atoms with van der Waals surface area (Å²) in [4.78, 5) is 13.8. The summed E-state index contributed by atoms with van der Waals surface area (Å²) in [7, 11) is 0. The molecule has 0 spiro atoms. The molecule has 0 saturated carbocycles. The Labute approximate surface area is 112 Å². The van der Waals surface area contributed by atoms with Crippen LogP contribution < -0.4 is 5.32 Å². The maximum absolute atomic E-state index is 11.9. The third-order valence-electron chi connectivity index (χ3n) is 3.16. The quantitative estimate of drug-likeness (QED) is 0.877. The number of aliphatic hydroxyl groups is 1. The zero-order valence-electron chi connectivity index (χ0n) is 10.3. The summed E-state index contributed by atoms with van der Waals surface area (Å²) in [6.45, 7) is 3.52. The molecule has 5 heteroatoms. The third-order valence-corrected chi connectivity index (χ3v) is 3.57. The molecule has 1 aromatic rings. The van der Waals surface area contributed by atoms with Crippen molar-refractivity contribution in [3.05, 3.63) is 28.8 Å². The Morgan fingerprint density at radius 3 is 3.06 bits per heavy atom. The van der Waals surface area contributed by atoms with Crippen molar-refractivity contribution in [3.63, 3.8) is 0 Å². The number of aliphatic hydroxyl groups excluding tert-OH is 1. The van der Waals surface area contributed by atoms with Crippen molar-refractivity contribution in [3.8, 4) is 0 Å². The molecule has 1 heterocycles.